The second kappa shape index (κ2) is 6.86. The second-order valence-corrected chi connectivity index (χ2v) is 6.49. The SMILES string of the molecule is Cc1ccc(NC(=O)N(Cc2ccccc2)[C@H](C)C2CC2)cc1. The predicted octanol–water partition coefficient (Wildman–Crippen LogP) is 4.83. The van der Waals surface area contributed by atoms with Crippen LogP contribution >= 0.6 is 0 Å². The summed E-state index contributed by atoms with van der Waals surface area (Å²) in [6, 6.07) is 18.4. The number of nitrogens with one attached hydrogen (secondary N) is 1. The van der Waals surface area contributed by atoms with Crippen LogP contribution in [0.2, 0.25) is 0 Å². The molecular formula is C20H24N2O. The van der Waals surface area contributed by atoms with Gasteiger partial charge in [-0.15, -0.1) is 0 Å². The normalized spacial score (nSPS) is 15.0. The maximum atomic E-state index is 12.8. The molecule has 3 nitrogen and oxygen atoms in total. The van der Waals surface area contributed by atoms with E-state index in [-0.39, 0.29) is 12.1 Å². The van der Waals surface area contributed by atoms with Gasteiger partial charge >= 0.3 is 6.03 Å². The standard InChI is InChI=1S/C20H24N2O/c1-15-8-12-19(13-9-15)21-20(23)22(16(2)18-10-11-18)14-17-6-4-3-5-7-17/h3-9,12-13,16,18H,10-11,14H2,1-2H3,(H,21,23)/t16-/m1/s1. The van der Waals surface area contributed by atoms with Crippen molar-refractivity contribution in [3.63, 3.8) is 0 Å². The van der Waals surface area contributed by atoms with Crippen LogP contribution in [-0.2, 0) is 6.54 Å². The Balaban J connectivity index is 1.73. The van der Waals surface area contributed by atoms with Gasteiger partial charge in [-0.25, -0.2) is 4.79 Å². The summed E-state index contributed by atoms with van der Waals surface area (Å²) in [5.41, 5.74) is 3.20. The van der Waals surface area contributed by atoms with Gasteiger partial charge in [-0.3, -0.25) is 0 Å². The molecule has 0 radical (unpaired) electrons. The number of aryl methyl sites for hydroxylation is 1. The number of hydrogen-bond donors (Lipinski definition) is 1. The van der Waals surface area contributed by atoms with E-state index < -0.39 is 0 Å². The van der Waals surface area contributed by atoms with Gasteiger partial charge in [0.2, 0.25) is 0 Å². The highest BCUT2D eigenvalue weighted by Gasteiger charge is 2.34. The van der Waals surface area contributed by atoms with Crippen molar-refractivity contribution in [2.75, 3.05) is 5.32 Å². The molecule has 0 aromatic heterocycles. The predicted molar refractivity (Wildman–Crippen MR) is 94.4 cm³/mol. The molecule has 2 aromatic rings. The van der Waals surface area contributed by atoms with Crippen LogP contribution in [0.5, 0.6) is 0 Å². The molecule has 2 aromatic carbocycles. The number of benzene rings is 2. The van der Waals surface area contributed by atoms with E-state index in [1.54, 1.807) is 0 Å². The lowest BCUT2D eigenvalue weighted by Gasteiger charge is -2.29. The Morgan fingerprint density at radius 1 is 1.13 bits per heavy atom. The molecule has 3 rings (SSSR count). The van der Waals surface area contributed by atoms with Crippen molar-refractivity contribution in [2.24, 2.45) is 5.92 Å². The Morgan fingerprint density at radius 2 is 1.78 bits per heavy atom. The van der Waals surface area contributed by atoms with Crippen molar-refractivity contribution < 1.29 is 4.79 Å². The van der Waals surface area contributed by atoms with Crippen LogP contribution < -0.4 is 5.32 Å². The molecule has 1 N–H and O–H groups in total. The zero-order valence-electron chi connectivity index (χ0n) is 13.8. The summed E-state index contributed by atoms with van der Waals surface area (Å²) in [5.74, 6) is 0.641. The smallest absolute Gasteiger partial charge is 0.317 e. The minimum Gasteiger partial charge on any atom is -0.317 e. The fraction of sp³-hybridized carbons (Fsp3) is 0.350. The highest BCUT2D eigenvalue weighted by molar-refractivity contribution is 5.89. The van der Waals surface area contributed by atoms with E-state index >= 15 is 0 Å². The lowest BCUT2D eigenvalue weighted by molar-refractivity contribution is 0.181. The maximum Gasteiger partial charge on any atom is 0.322 e. The number of hydrogen-bond acceptors (Lipinski definition) is 1. The van der Waals surface area contributed by atoms with Gasteiger partial charge in [-0.2, -0.15) is 0 Å². The van der Waals surface area contributed by atoms with Crippen LogP contribution in [0.1, 0.15) is 30.9 Å². The van der Waals surface area contributed by atoms with Gasteiger partial charge < -0.3 is 10.2 Å². The first-order chi connectivity index (χ1) is 11.1. The zero-order valence-corrected chi connectivity index (χ0v) is 13.8. The summed E-state index contributed by atoms with van der Waals surface area (Å²) in [4.78, 5) is 14.8. The monoisotopic (exact) mass is 308 g/mol. The summed E-state index contributed by atoms with van der Waals surface area (Å²) in [6.45, 7) is 4.86. The van der Waals surface area contributed by atoms with Crippen LogP contribution in [0.15, 0.2) is 54.6 Å². The van der Waals surface area contributed by atoms with E-state index in [9.17, 15) is 4.79 Å². The van der Waals surface area contributed by atoms with Gasteiger partial charge in [0, 0.05) is 18.3 Å². The summed E-state index contributed by atoms with van der Waals surface area (Å²) < 4.78 is 0. The van der Waals surface area contributed by atoms with E-state index in [4.69, 9.17) is 0 Å². The van der Waals surface area contributed by atoms with Crippen molar-refractivity contribution >= 4 is 11.7 Å². The summed E-state index contributed by atoms with van der Waals surface area (Å²) >= 11 is 0. The number of carbonyl (C=O) groups is 1. The Labute approximate surface area is 138 Å². The van der Waals surface area contributed by atoms with E-state index in [1.165, 1.54) is 24.0 Å². The van der Waals surface area contributed by atoms with Gasteiger partial charge in [-0.1, -0.05) is 48.0 Å². The fourth-order valence-electron chi connectivity index (χ4n) is 2.85. The number of urea groups is 1. The molecule has 0 bridgehead atoms. The third-order valence-corrected chi connectivity index (χ3v) is 4.56. The van der Waals surface area contributed by atoms with E-state index in [0.717, 1.165) is 5.69 Å². The second-order valence-electron chi connectivity index (χ2n) is 6.49. The number of anilines is 1. The largest absolute Gasteiger partial charge is 0.322 e. The molecule has 0 aliphatic heterocycles. The number of carbonyl (C=O) groups excluding carboxylic acids is 1. The summed E-state index contributed by atoms with van der Waals surface area (Å²) in [7, 11) is 0. The molecule has 2 amide bonds. The van der Waals surface area contributed by atoms with Crippen LogP contribution in [-0.4, -0.2) is 17.0 Å². The van der Waals surface area contributed by atoms with Gasteiger partial charge in [-0.05, 0) is 50.3 Å². The molecule has 0 spiro atoms. The van der Waals surface area contributed by atoms with Crippen LogP contribution in [0.25, 0.3) is 0 Å². The molecule has 120 valence electrons. The highest BCUT2D eigenvalue weighted by atomic mass is 16.2. The number of nitrogens with zero attached hydrogens (tertiary/aromatic N) is 1. The molecular weight excluding hydrogens is 284 g/mol. The number of rotatable bonds is 5. The maximum absolute atomic E-state index is 12.8. The van der Waals surface area contributed by atoms with Gasteiger partial charge in [0.05, 0.1) is 0 Å². The molecule has 1 aliphatic rings. The van der Waals surface area contributed by atoms with Crippen LogP contribution in [0.4, 0.5) is 10.5 Å². The number of amides is 2. The quantitative estimate of drug-likeness (QED) is 0.843. The zero-order chi connectivity index (χ0) is 16.2. The first kappa shape index (κ1) is 15.6. The molecule has 0 unspecified atom stereocenters. The Hall–Kier alpha value is -2.29. The summed E-state index contributed by atoms with van der Waals surface area (Å²) in [6.07, 6.45) is 2.45. The van der Waals surface area contributed by atoms with Crippen molar-refractivity contribution in [3.05, 3.63) is 65.7 Å². The third kappa shape index (κ3) is 4.13. The van der Waals surface area contributed by atoms with E-state index in [0.29, 0.717) is 12.5 Å². The van der Waals surface area contributed by atoms with Gasteiger partial charge in [0.25, 0.3) is 0 Å². The summed E-state index contributed by atoms with van der Waals surface area (Å²) in [5, 5.41) is 3.04. The third-order valence-electron chi connectivity index (χ3n) is 4.56. The average molecular weight is 308 g/mol. The molecule has 1 fully saturated rings. The Bertz CT molecular complexity index is 647. The topological polar surface area (TPSA) is 32.3 Å². The van der Waals surface area contributed by atoms with Gasteiger partial charge in [0.1, 0.15) is 0 Å². The molecule has 1 atom stereocenters. The molecule has 23 heavy (non-hydrogen) atoms. The lowest BCUT2D eigenvalue weighted by atomic mass is 10.1. The first-order valence-electron chi connectivity index (χ1n) is 8.31. The highest BCUT2D eigenvalue weighted by Crippen LogP contribution is 2.36. The van der Waals surface area contributed by atoms with Crippen molar-refractivity contribution in [2.45, 2.75) is 39.3 Å². The first-order valence-corrected chi connectivity index (χ1v) is 8.31. The van der Waals surface area contributed by atoms with Crippen molar-refractivity contribution in [1.82, 2.24) is 4.90 Å². The van der Waals surface area contributed by atoms with Crippen LogP contribution in [0, 0.1) is 12.8 Å². The van der Waals surface area contributed by atoms with E-state index in [1.807, 2.05) is 54.3 Å². The Morgan fingerprint density at radius 3 is 2.39 bits per heavy atom. The minimum atomic E-state index is -0.0166. The molecule has 3 heteroatoms. The fourth-order valence-corrected chi connectivity index (χ4v) is 2.85. The molecule has 1 aliphatic carbocycles. The van der Waals surface area contributed by atoms with Crippen LogP contribution in [0.3, 0.4) is 0 Å². The van der Waals surface area contributed by atoms with Crippen molar-refractivity contribution in [1.29, 1.82) is 0 Å². The molecule has 0 saturated heterocycles. The molecule has 1 saturated carbocycles. The van der Waals surface area contributed by atoms with Gasteiger partial charge in [0.15, 0.2) is 0 Å². The Kier molecular flexibility index (Phi) is 4.65. The average Bonchev–Trinajstić information content (AvgIpc) is 3.40. The lowest BCUT2D eigenvalue weighted by Crippen LogP contribution is -2.42. The van der Waals surface area contributed by atoms with Crippen molar-refractivity contribution in [3.8, 4) is 0 Å². The van der Waals surface area contributed by atoms with E-state index in [2.05, 4.69) is 24.4 Å². The molecule has 0 heterocycles. The minimum absolute atomic E-state index is 0.0166.